The Kier molecular flexibility index (Phi) is 5.94. The number of benzene rings is 1. The molecule has 2 fully saturated rings. The number of amides is 4. The summed E-state index contributed by atoms with van der Waals surface area (Å²) in [6.07, 6.45) is -4.50. The number of nitrogens with zero attached hydrogens (tertiary/aromatic N) is 1. The van der Waals surface area contributed by atoms with Gasteiger partial charge in [-0.25, -0.2) is 14.5 Å². The van der Waals surface area contributed by atoms with Crippen molar-refractivity contribution in [2.45, 2.75) is 44.5 Å². The molecule has 154 valence electrons. The first-order valence-corrected chi connectivity index (χ1v) is 8.82. The van der Waals surface area contributed by atoms with Crippen LogP contribution >= 0.6 is 0 Å². The average Bonchev–Trinajstić information content (AvgIpc) is 2.61. The summed E-state index contributed by atoms with van der Waals surface area (Å²) in [5.74, 6) is -0.346. The van der Waals surface area contributed by atoms with Gasteiger partial charge in [-0.3, -0.25) is 5.32 Å². The molecule has 2 aliphatic heterocycles. The Bertz CT molecular complexity index is 707. The van der Waals surface area contributed by atoms with Crippen LogP contribution in [0.25, 0.3) is 0 Å². The van der Waals surface area contributed by atoms with Gasteiger partial charge in [0.2, 0.25) is 0 Å². The van der Waals surface area contributed by atoms with Crippen LogP contribution < -0.4 is 20.7 Å². The molecule has 0 unspecified atom stereocenters. The third-order valence-corrected chi connectivity index (χ3v) is 4.54. The van der Waals surface area contributed by atoms with Gasteiger partial charge in [0, 0.05) is 25.3 Å². The molecule has 1 atom stereocenters. The van der Waals surface area contributed by atoms with E-state index < -0.39 is 30.8 Å². The van der Waals surface area contributed by atoms with E-state index >= 15 is 0 Å². The number of imide groups is 1. The molecule has 2 heterocycles. The van der Waals surface area contributed by atoms with Gasteiger partial charge >= 0.3 is 18.4 Å². The van der Waals surface area contributed by atoms with Crippen LogP contribution in [-0.4, -0.2) is 48.9 Å². The van der Waals surface area contributed by atoms with E-state index in [1.165, 1.54) is 18.2 Å². The Hall–Kier alpha value is -2.53. The number of nitrogens with one attached hydrogen (secondary N) is 3. The molecule has 11 heteroatoms. The first-order valence-electron chi connectivity index (χ1n) is 8.82. The summed E-state index contributed by atoms with van der Waals surface area (Å²) in [6.45, 7) is 2.66. The molecular formula is C17H21F3N4O4. The van der Waals surface area contributed by atoms with Crippen LogP contribution in [0, 0.1) is 0 Å². The van der Waals surface area contributed by atoms with Crippen molar-refractivity contribution in [1.82, 2.24) is 20.9 Å². The van der Waals surface area contributed by atoms with Crippen molar-refractivity contribution in [2.24, 2.45) is 0 Å². The van der Waals surface area contributed by atoms with E-state index in [1.54, 1.807) is 13.0 Å². The molecule has 8 nitrogen and oxygen atoms in total. The Morgan fingerprint density at radius 2 is 1.86 bits per heavy atom. The second-order valence-electron chi connectivity index (χ2n) is 6.55. The molecule has 0 saturated carbocycles. The van der Waals surface area contributed by atoms with Gasteiger partial charge in [0.05, 0.1) is 0 Å². The van der Waals surface area contributed by atoms with E-state index in [9.17, 15) is 22.8 Å². The van der Waals surface area contributed by atoms with Crippen LogP contribution in [-0.2, 0) is 4.74 Å². The lowest BCUT2D eigenvalue weighted by Gasteiger charge is -2.39. The first-order chi connectivity index (χ1) is 13.2. The maximum Gasteiger partial charge on any atom is 0.573 e. The van der Waals surface area contributed by atoms with Crippen molar-refractivity contribution in [3.8, 4) is 5.75 Å². The Morgan fingerprint density at radius 1 is 1.21 bits per heavy atom. The molecule has 2 aliphatic rings. The summed E-state index contributed by atoms with van der Waals surface area (Å²) in [7, 11) is 0. The molecule has 0 radical (unpaired) electrons. The predicted molar refractivity (Wildman–Crippen MR) is 91.2 cm³/mol. The predicted octanol–water partition coefficient (Wildman–Crippen LogP) is 2.43. The van der Waals surface area contributed by atoms with Gasteiger partial charge in [0.25, 0.3) is 0 Å². The van der Waals surface area contributed by atoms with Crippen LogP contribution in [0.15, 0.2) is 24.3 Å². The number of ether oxygens (including phenoxy) is 2. The molecule has 0 aromatic heterocycles. The highest BCUT2D eigenvalue weighted by Crippen LogP contribution is 2.25. The number of urea groups is 2. The second-order valence-corrected chi connectivity index (χ2v) is 6.55. The normalized spacial score (nSPS) is 20.5. The number of carbonyl (C=O) groups excluding carboxylic acids is 2. The lowest BCUT2D eigenvalue weighted by molar-refractivity contribution is -0.274. The fourth-order valence-electron chi connectivity index (χ4n) is 3.20. The van der Waals surface area contributed by atoms with Crippen LogP contribution in [0.4, 0.5) is 22.8 Å². The highest BCUT2D eigenvalue weighted by Gasteiger charge is 2.37. The van der Waals surface area contributed by atoms with E-state index in [1.807, 2.05) is 0 Å². The van der Waals surface area contributed by atoms with Gasteiger partial charge in [0.1, 0.15) is 5.75 Å². The van der Waals surface area contributed by atoms with Crippen molar-refractivity contribution < 1.29 is 32.2 Å². The third kappa shape index (κ3) is 5.04. The number of hydrogen-bond donors (Lipinski definition) is 3. The second kappa shape index (κ2) is 8.23. The molecule has 0 aliphatic carbocycles. The zero-order chi connectivity index (χ0) is 20.3. The third-order valence-electron chi connectivity index (χ3n) is 4.54. The smallest absolute Gasteiger partial charge is 0.406 e. The standard InChI is InChI=1S/C17H21F3N4O4/c1-10(11-3-2-4-13(9-11)28-17(18,19)20)21-14-22-15(25)24(16(26)23-14)12-5-7-27-8-6-12/h2-4,9-10,12,14,21H,5-8H2,1H3,(H,22,25)(H,23,26)/t10-/m0/s1. The van der Waals surface area contributed by atoms with E-state index in [0.717, 1.165) is 4.90 Å². The van der Waals surface area contributed by atoms with Crippen molar-refractivity contribution >= 4 is 12.1 Å². The number of hydrogen-bond acceptors (Lipinski definition) is 5. The van der Waals surface area contributed by atoms with E-state index in [4.69, 9.17) is 4.74 Å². The largest absolute Gasteiger partial charge is 0.573 e. The van der Waals surface area contributed by atoms with Crippen LogP contribution in [0.1, 0.15) is 31.4 Å². The van der Waals surface area contributed by atoms with Gasteiger partial charge in [0.15, 0.2) is 6.29 Å². The van der Waals surface area contributed by atoms with Gasteiger partial charge < -0.3 is 20.1 Å². The zero-order valence-electron chi connectivity index (χ0n) is 15.1. The minimum absolute atomic E-state index is 0.233. The summed E-state index contributed by atoms with van der Waals surface area (Å²) in [4.78, 5) is 25.9. The maximum atomic E-state index is 12.4. The molecule has 28 heavy (non-hydrogen) atoms. The van der Waals surface area contributed by atoms with Gasteiger partial charge in [-0.2, -0.15) is 0 Å². The molecule has 0 bridgehead atoms. The Morgan fingerprint density at radius 3 is 2.46 bits per heavy atom. The molecule has 3 N–H and O–H groups in total. The fraction of sp³-hybridized carbons (Fsp3) is 0.529. The number of carbonyl (C=O) groups is 2. The topological polar surface area (TPSA) is 91.9 Å². The Balaban J connectivity index is 1.61. The molecular weight excluding hydrogens is 381 g/mol. The highest BCUT2D eigenvalue weighted by atomic mass is 19.4. The highest BCUT2D eigenvalue weighted by molar-refractivity contribution is 5.96. The number of halogens is 3. The fourth-order valence-corrected chi connectivity index (χ4v) is 3.20. The van der Waals surface area contributed by atoms with Gasteiger partial charge in [-0.15, -0.1) is 13.2 Å². The summed E-state index contributed by atoms with van der Waals surface area (Å²) >= 11 is 0. The lowest BCUT2D eigenvalue weighted by atomic mass is 10.1. The van der Waals surface area contributed by atoms with Crippen LogP contribution in [0.5, 0.6) is 5.75 Å². The van der Waals surface area contributed by atoms with Crippen LogP contribution in [0.2, 0.25) is 0 Å². The summed E-state index contributed by atoms with van der Waals surface area (Å²) in [5.41, 5.74) is 0.497. The summed E-state index contributed by atoms with van der Waals surface area (Å²) < 4.78 is 46.3. The van der Waals surface area contributed by atoms with Crippen molar-refractivity contribution in [3.63, 3.8) is 0 Å². The monoisotopic (exact) mass is 402 g/mol. The minimum Gasteiger partial charge on any atom is -0.406 e. The zero-order valence-corrected chi connectivity index (χ0v) is 15.1. The molecule has 2 saturated heterocycles. The van der Waals surface area contributed by atoms with Gasteiger partial charge in [-0.05, 0) is 37.5 Å². The molecule has 3 rings (SSSR count). The maximum absolute atomic E-state index is 12.4. The van der Waals surface area contributed by atoms with Crippen molar-refractivity contribution in [2.75, 3.05) is 13.2 Å². The lowest BCUT2D eigenvalue weighted by Crippen LogP contribution is -2.70. The minimum atomic E-state index is -4.78. The molecule has 0 spiro atoms. The molecule has 4 amide bonds. The quantitative estimate of drug-likeness (QED) is 0.704. The number of alkyl halides is 3. The van der Waals surface area contributed by atoms with Crippen molar-refractivity contribution in [1.29, 1.82) is 0 Å². The number of rotatable bonds is 5. The van der Waals surface area contributed by atoms with Crippen molar-refractivity contribution in [3.05, 3.63) is 29.8 Å². The average molecular weight is 402 g/mol. The molecule has 1 aromatic carbocycles. The van der Waals surface area contributed by atoms with E-state index in [2.05, 4.69) is 20.7 Å². The first kappa shape index (κ1) is 20.2. The summed E-state index contributed by atoms with van der Waals surface area (Å²) in [5, 5.41) is 8.24. The van der Waals surface area contributed by atoms with E-state index in [-0.39, 0.29) is 11.8 Å². The van der Waals surface area contributed by atoms with Gasteiger partial charge in [-0.1, -0.05) is 12.1 Å². The molecule has 1 aromatic rings. The van der Waals surface area contributed by atoms with Crippen LogP contribution in [0.3, 0.4) is 0 Å². The van der Waals surface area contributed by atoms with E-state index in [0.29, 0.717) is 31.6 Å². The SMILES string of the molecule is C[C@H](NC1NC(=O)N(C2CCOCC2)C(=O)N1)c1cccc(OC(F)(F)F)c1. The Labute approximate surface area is 159 Å². The summed E-state index contributed by atoms with van der Waals surface area (Å²) in [6, 6.07) is 3.71.